The lowest BCUT2D eigenvalue weighted by atomic mass is 9.94. The highest BCUT2D eigenvalue weighted by Gasteiger charge is 2.33. The summed E-state index contributed by atoms with van der Waals surface area (Å²) in [5.74, 6) is -0.811. The van der Waals surface area contributed by atoms with Crippen LogP contribution in [0.5, 0.6) is 0 Å². The molecule has 240 valence electrons. The van der Waals surface area contributed by atoms with Crippen molar-refractivity contribution in [2.24, 2.45) is 0 Å². The van der Waals surface area contributed by atoms with Crippen LogP contribution < -0.4 is 4.90 Å². The summed E-state index contributed by atoms with van der Waals surface area (Å²) < 4.78 is 7.35. The molecule has 6 aromatic carbocycles. The molecule has 0 bridgehead atoms. The molecule has 0 fully saturated rings. The molecule has 6 heteroatoms. The van der Waals surface area contributed by atoms with Crippen molar-refractivity contribution in [3.8, 4) is 0 Å². The predicted molar refractivity (Wildman–Crippen MR) is 198 cm³/mol. The van der Waals surface area contributed by atoms with Gasteiger partial charge in [0.2, 0.25) is 5.69 Å². The Morgan fingerprint density at radius 1 is 0.714 bits per heavy atom. The first-order valence-electron chi connectivity index (χ1n) is 16.7. The third-order valence-electron chi connectivity index (χ3n) is 9.82. The van der Waals surface area contributed by atoms with Gasteiger partial charge in [0.1, 0.15) is 13.0 Å². The fourth-order valence-electron chi connectivity index (χ4n) is 7.81. The number of carboxylic acid groups (broad SMARTS) is 1. The first kappa shape index (κ1) is 30.3. The van der Waals surface area contributed by atoms with E-state index in [1.807, 2.05) is 12.2 Å². The maximum Gasteiger partial charge on any atom is 0.309 e. The van der Waals surface area contributed by atoms with Crippen molar-refractivity contribution in [3.63, 3.8) is 0 Å². The molecule has 49 heavy (non-hydrogen) atoms. The maximum atomic E-state index is 11.7. The van der Waals surface area contributed by atoms with E-state index >= 15 is 0 Å². The fraction of sp³-hybridized carbons (Fsp3) is 0.140. The Morgan fingerprint density at radius 2 is 1.29 bits per heavy atom. The van der Waals surface area contributed by atoms with Gasteiger partial charge in [-0.15, -0.1) is 0 Å². The Morgan fingerprint density at radius 3 is 1.94 bits per heavy atom. The lowest BCUT2D eigenvalue weighted by molar-refractivity contribution is -0.434. The van der Waals surface area contributed by atoms with Crippen LogP contribution in [0.4, 0.5) is 11.4 Å². The summed E-state index contributed by atoms with van der Waals surface area (Å²) in [5, 5.41) is 19.2. The van der Waals surface area contributed by atoms with Crippen molar-refractivity contribution >= 4 is 72.6 Å². The average Bonchev–Trinajstić information content (AvgIpc) is 3.69. The highest BCUT2D eigenvalue weighted by molar-refractivity contribution is 6.17. The quantitative estimate of drug-likeness (QED) is 0.0532. The molecule has 0 saturated heterocycles. The molecule has 0 aromatic heterocycles. The van der Waals surface area contributed by atoms with Crippen molar-refractivity contribution in [1.82, 2.24) is 0 Å². The number of aliphatic carboxylic acids is 1. The van der Waals surface area contributed by atoms with Crippen LogP contribution in [0.3, 0.4) is 0 Å². The highest BCUT2D eigenvalue weighted by Crippen LogP contribution is 2.45. The predicted octanol–water partition coefficient (Wildman–Crippen LogP) is 8.65. The van der Waals surface area contributed by atoms with Crippen LogP contribution in [-0.4, -0.2) is 47.5 Å². The number of carbonyl (C=O) groups excluding carboxylic acids is 1. The number of ether oxygens (including phenoxy) is 1. The zero-order valence-corrected chi connectivity index (χ0v) is 27.0. The van der Waals surface area contributed by atoms with E-state index in [0.29, 0.717) is 26.2 Å². The third-order valence-corrected chi connectivity index (χ3v) is 9.82. The summed E-state index contributed by atoms with van der Waals surface area (Å²) >= 11 is 0. The van der Waals surface area contributed by atoms with Crippen LogP contribution in [-0.2, 0) is 27.2 Å². The smallest absolute Gasteiger partial charge is 0.309 e. The van der Waals surface area contributed by atoms with Crippen LogP contribution in [0.15, 0.2) is 133 Å². The SMILES string of the molecule is O=COCCN1\C(=C/C=C/C=C/C2=[N+](CCC(=O)O)c3c(c4ccccc4c4ccccc34)C2)Cc2c1c1ccccc1c1ccccc21. The van der Waals surface area contributed by atoms with Crippen LogP contribution in [0.25, 0.3) is 43.1 Å². The van der Waals surface area contributed by atoms with Gasteiger partial charge >= 0.3 is 5.97 Å². The van der Waals surface area contributed by atoms with Crippen LogP contribution in [0.1, 0.15) is 17.5 Å². The van der Waals surface area contributed by atoms with Crippen LogP contribution in [0.2, 0.25) is 0 Å². The normalized spacial score (nSPS) is 15.1. The van der Waals surface area contributed by atoms with Crippen molar-refractivity contribution in [1.29, 1.82) is 0 Å². The average molecular weight is 644 g/mol. The van der Waals surface area contributed by atoms with Gasteiger partial charge in [0, 0.05) is 29.1 Å². The number of carboxylic acids is 1. The van der Waals surface area contributed by atoms with E-state index in [9.17, 15) is 14.7 Å². The zero-order chi connectivity index (χ0) is 33.3. The minimum atomic E-state index is -0.811. The number of hydrogen-bond donors (Lipinski definition) is 1. The topological polar surface area (TPSA) is 69.8 Å². The molecule has 2 aliphatic rings. The van der Waals surface area contributed by atoms with Gasteiger partial charge in [-0.25, -0.2) is 0 Å². The second-order valence-corrected chi connectivity index (χ2v) is 12.5. The number of anilines is 1. The fourth-order valence-corrected chi connectivity index (χ4v) is 7.81. The van der Waals surface area contributed by atoms with Gasteiger partial charge in [-0.05, 0) is 50.0 Å². The number of hydrogen-bond acceptors (Lipinski definition) is 4. The van der Waals surface area contributed by atoms with E-state index in [1.165, 1.54) is 54.5 Å². The number of benzene rings is 6. The first-order chi connectivity index (χ1) is 24.1. The molecular weight excluding hydrogens is 608 g/mol. The molecule has 0 amide bonds. The summed E-state index contributed by atoms with van der Waals surface area (Å²) in [4.78, 5) is 25.0. The molecule has 6 aromatic rings. The van der Waals surface area contributed by atoms with Crippen molar-refractivity contribution in [3.05, 3.63) is 144 Å². The van der Waals surface area contributed by atoms with E-state index in [4.69, 9.17) is 4.74 Å². The van der Waals surface area contributed by atoms with E-state index in [2.05, 4.69) is 125 Å². The molecule has 1 N–H and O–H groups in total. The van der Waals surface area contributed by atoms with Gasteiger partial charge in [-0.3, -0.25) is 9.59 Å². The Balaban J connectivity index is 1.15. The monoisotopic (exact) mass is 643 g/mol. The molecule has 0 radical (unpaired) electrons. The second kappa shape index (κ2) is 12.9. The Labute approximate surface area is 284 Å². The van der Waals surface area contributed by atoms with E-state index in [1.54, 1.807) is 0 Å². The number of carbonyl (C=O) groups is 2. The largest absolute Gasteiger partial charge is 0.481 e. The standard InChI is InChI=1S/C43H34N2O4/c46-28-49-25-24-45-30(27-40-36-19-7-5-15-32(36)34-17-9-11-21-38(34)43(40)45)13-3-1-2-12-29-26-39-35-18-6-4-14-31(35)33-16-8-10-20-37(33)42(39)44(29)23-22-41(47)48/h1-21,28H,22-27H2/p+1. The van der Waals surface area contributed by atoms with Crippen LogP contribution in [0, 0.1) is 0 Å². The van der Waals surface area contributed by atoms with Gasteiger partial charge < -0.3 is 14.7 Å². The number of fused-ring (bicyclic) bond motifs is 12. The lowest BCUT2D eigenvalue weighted by Gasteiger charge is -2.23. The Hall–Kier alpha value is -6.01. The minimum Gasteiger partial charge on any atom is -0.481 e. The molecule has 0 spiro atoms. The van der Waals surface area contributed by atoms with Gasteiger partial charge in [0.25, 0.3) is 6.47 Å². The van der Waals surface area contributed by atoms with Crippen molar-refractivity contribution in [2.45, 2.75) is 19.3 Å². The van der Waals surface area contributed by atoms with E-state index in [0.717, 1.165) is 35.3 Å². The number of rotatable bonds is 10. The molecule has 2 heterocycles. The van der Waals surface area contributed by atoms with Crippen molar-refractivity contribution in [2.75, 3.05) is 24.6 Å². The first-order valence-corrected chi connectivity index (χ1v) is 16.7. The molecule has 0 aliphatic carbocycles. The summed E-state index contributed by atoms with van der Waals surface area (Å²) in [6, 6.07) is 34.0. The van der Waals surface area contributed by atoms with E-state index < -0.39 is 5.97 Å². The summed E-state index contributed by atoms with van der Waals surface area (Å²) in [5.41, 5.74) is 7.01. The maximum absolute atomic E-state index is 11.7. The lowest BCUT2D eigenvalue weighted by Crippen LogP contribution is -2.24. The highest BCUT2D eigenvalue weighted by atomic mass is 16.5. The molecule has 6 nitrogen and oxygen atoms in total. The van der Waals surface area contributed by atoms with Crippen LogP contribution >= 0.6 is 0 Å². The minimum absolute atomic E-state index is 0.0491. The molecule has 0 unspecified atom stereocenters. The zero-order valence-electron chi connectivity index (χ0n) is 27.0. The molecule has 0 saturated carbocycles. The summed E-state index contributed by atoms with van der Waals surface area (Å²) in [6.45, 7) is 1.75. The van der Waals surface area contributed by atoms with Gasteiger partial charge in [-0.2, -0.15) is 4.58 Å². The summed E-state index contributed by atoms with van der Waals surface area (Å²) in [6.07, 6.45) is 11.9. The Kier molecular flexibility index (Phi) is 7.98. The number of allylic oxidation sites excluding steroid dienone is 6. The number of nitrogens with zero attached hydrogens (tertiary/aromatic N) is 2. The Bertz CT molecular complexity index is 2430. The van der Waals surface area contributed by atoms with E-state index in [-0.39, 0.29) is 6.42 Å². The summed E-state index contributed by atoms with van der Waals surface area (Å²) in [7, 11) is 0. The molecule has 2 aliphatic heterocycles. The third kappa shape index (κ3) is 5.35. The molecular formula is C43H35N2O4+. The van der Waals surface area contributed by atoms with Gasteiger partial charge in [0.05, 0.1) is 24.0 Å². The second-order valence-electron chi connectivity index (χ2n) is 12.5. The molecule has 0 atom stereocenters. The molecule has 8 rings (SSSR count). The van der Waals surface area contributed by atoms with Crippen molar-refractivity contribution < 1.29 is 24.0 Å². The van der Waals surface area contributed by atoms with Gasteiger partial charge in [0.15, 0.2) is 12.3 Å². The van der Waals surface area contributed by atoms with Gasteiger partial charge in [-0.1, -0.05) is 109 Å².